The second-order valence-corrected chi connectivity index (χ2v) is 6.53. The van der Waals surface area contributed by atoms with E-state index in [0.29, 0.717) is 0 Å². The molecule has 5 rings (SSSR count). The number of rotatable bonds is 3. The topological polar surface area (TPSA) is 37.8 Å². The second-order valence-electron chi connectivity index (χ2n) is 6.53. The van der Waals surface area contributed by atoms with Crippen LogP contribution in [0.15, 0.2) is 18.6 Å². The number of aromatic nitrogens is 2. The fraction of sp³-hybridized carbons (Fsp3) is 0.733. The van der Waals surface area contributed by atoms with Crippen molar-refractivity contribution in [2.45, 2.75) is 44.7 Å². The average molecular weight is 243 g/mol. The van der Waals surface area contributed by atoms with Crippen molar-refractivity contribution in [3.05, 3.63) is 24.3 Å². The van der Waals surface area contributed by atoms with E-state index < -0.39 is 0 Å². The van der Waals surface area contributed by atoms with Crippen LogP contribution in [0.3, 0.4) is 0 Å². The van der Waals surface area contributed by atoms with Gasteiger partial charge in [-0.05, 0) is 55.8 Å². The molecule has 4 saturated carbocycles. The van der Waals surface area contributed by atoms with Gasteiger partial charge in [-0.25, -0.2) is 0 Å². The maximum atomic E-state index is 4.36. The lowest BCUT2D eigenvalue weighted by molar-refractivity contribution is -0.0143. The maximum Gasteiger partial charge on any atom is 0.0724 e. The van der Waals surface area contributed by atoms with E-state index in [1.807, 2.05) is 6.20 Å². The van der Waals surface area contributed by atoms with Crippen molar-refractivity contribution in [3.63, 3.8) is 0 Å². The van der Waals surface area contributed by atoms with Gasteiger partial charge in [0.25, 0.3) is 0 Å². The Morgan fingerprint density at radius 2 is 1.72 bits per heavy atom. The van der Waals surface area contributed by atoms with Crippen LogP contribution in [0.2, 0.25) is 0 Å². The van der Waals surface area contributed by atoms with Gasteiger partial charge in [0.15, 0.2) is 0 Å². The molecule has 3 heteroatoms. The van der Waals surface area contributed by atoms with E-state index in [1.54, 1.807) is 12.4 Å². The predicted octanol–water partition coefficient (Wildman–Crippen LogP) is 2.39. The third-order valence-electron chi connectivity index (χ3n) is 5.36. The first kappa shape index (κ1) is 10.9. The molecule has 4 bridgehead atoms. The minimum atomic E-state index is 0.750. The quantitative estimate of drug-likeness (QED) is 0.885. The number of hydrogen-bond acceptors (Lipinski definition) is 3. The minimum Gasteiger partial charge on any atom is -0.308 e. The number of hydrogen-bond donors (Lipinski definition) is 1. The monoisotopic (exact) mass is 243 g/mol. The van der Waals surface area contributed by atoms with Crippen molar-refractivity contribution in [1.82, 2.24) is 15.3 Å². The van der Waals surface area contributed by atoms with Gasteiger partial charge < -0.3 is 5.32 Å². The Bertz CT molecular complexity index is 389. The van der Waals surface area contributed by atoms with Crippen molar-refractivity contribution >= 4 is 0 Å². The Morgan fingerprint density at radius 1 is 1.00 bits per heavy atom. The van der Waals surface area contributed by atoms with E-state index >= 15 is 0 Å². The third-order valence-corrected chi connectivity index (χ3v) is 5.36. The molecular formula is C15H21N3. The molecular weight excluding hydrogens is 222 g/mol. The van der Waals surface area contributed by atoms with Crippen LogP contribution in [0.4, 0.5) is 0 Å². The Labute approximate surface area is 108 Å². The highest BCUT2D eigenvalue weighted by molar-refractivity contribution is 5.03. The molecule has 1 aromatic heterocycles. The highest BCUT2D eigenvalue weighted by atomic mass is 15.0. The van der Waals surface area contributed by atoms with Gasteiger partial charge in [-0.3, -0.25) is 9.97 Å². The Kier molecular flexibility index (Phi) is 2.61. The summed E-state index contributed by atoms with van der Waals surface area (Å²) in [6.07, 6.45) is 12.8. The summed E-state index contributed by atoms with van der Waals surface area (Å²) in [6.45, 7) is 0.890. The van der Waals surface area contributed by atoms with Gasteiger partial charge in [0, 0.05) is 31.2 Å². The zero-order valence-corrected chi connectivity index (χ0v) is 10.8. The van der Waals surface area contributed by atoms with Crippen molar-refractivity contribution < 1.29 is 0 Å². The molecule has 4 aliphatic carbocycles. The lowest BCUT2D eigenvalue weighted by Gasteiger charge is -2.54. The summed E-state index contributed by atoms with van der Waals surface area (Å²) in [5, 5.41) is 3.78. The summed E-state index contributed by atoms with van der Waals surface area (Å²) in [6, 6.07) is 0.750. The Morgan fingerprint density at radius 3 is 2.33 bits per heavy atom. The number of nitrogens with zero attached hydrogens (tertiary/aromatic N) is 2. The molecule has 0 amide bonds. The summed E-state index contributed by atoms with van der Waals surface area (Å²) >= 11 is 0. The van der Waals surface area contributed by atoms with Crippen LogP contribution in [0.25, 0.3) is 0 Å². The van der Waals surface area contributed by atoms with Gasteiger partial charge in [0.1, 0.15) is 0 Å². The average Bonchev–Trinajstić information content (AvgIpc) is 2.38. The SMILES string of the molecule is c1cnc(CNC2C3CC4CC(C3)CC2C4)cn1. The summed E-state index contributed by atoms with van der Waals surface area (Å²) < 4.78 is 0. The van der Waals surface area contributed by atoms with Gasteiger partial charge in [0.05, 0.1) is 5.69 Å². The zero-order valence-electron chi connectivity index (χ0n) is 10.8. The summed E-state index contributed by atoms with van der Waals surface area (Å²) in [5.41, 5.74) is 1.08. The summed E-state index contributed by atoms with van der Waals surface area (Å²) in [5.74, 6) is 4.00. The van der Waals surface area contributed by atoms with E-state index in [2.05, 4.69) is 15.3 Å². The van der Waals surface area contributed by atoms with Crippen molar-refractivity contribution in [2.75, 3.05) is 0 Å². The summed E-state index contributed by atoms with van der Waals surface area (Å²) in [4.78, 5) is 8.49. The zero-order chi connectivity index (χ0) is 11.9. The third kappa shape index (κ3) is 1.85. The molecule has 18 heavy (non-hydrogen) atoms. The normalized spacial score (nSPS) is 41.2. The molecule has 0 radical (unpaired) electrons. The lowest BCUT2D eigenvalue weighted by Crippen LogP contribution is -2.54. The molecule has 0 saturated heterocycles. The van der Waals surface area contributed by atoms with Crippen LogP contribution in [-0.2, 0) is 6.54 Å². The van der Waals surface area contributed by atoms with Crippen molar-refractivity contribution in [1.29, 1.82) is 0 Å². The van der Waals surface area contributed by atoms with Gasteiger partial charge in [-0.15, -0.1) is 0 Å². The van der Waals surface area contributed by atoms with Crippen molar-refractivity contribution in [3.8, 4) is 0 Å². The first-order chi connectivity index (χ1) is 8.88. The standard InChI is InChI=1S/C15H21N3/c1-2-17-14(8-16-1)9-18-15-12-4-10-3-11(6-12)7-13(15)5-10/h1-2,8,10-13,15,18H,3-7,9H2. The highest BCUT2D eigenvalue weighted by Crippen LogP contribution is 2.53. The van der Waals surface area contributed by atoms with Gasteiger partial charge in [0.2, 0.25) is 0 Å². The fourth-order valence-electron chi connectivity index (χ4n) is 4.90. The van der Waals surface area contributed by atoms with Crippen LogP contribution in [-0.4, -0.2) is 16.0 Å². The van der Waals surface area contributed by atoms with Gasteiger partial charge in [-0.2, -0.15) is 0 Å². The molecule has 1 N–H and O–H groups in total. The summed E-state index contributed by atoms with van der Waals surface area (Å²) in [7, 11) is 0. The van der Waals surface area contributed by atoms with Crippen LogP contribution in [0, 0.1) is 23.7 Å². The van der Waals surface area contributed by atoms with Crippen LogP contribution in [0.5, 0.6) is 0 Å². The largest absolute Gasteiger partial charge is 0.308 e. The van der Waals surface area contributed by atoms with E-state index in [-0.39, 0.29) is 0 Å². The first-order valence-corrected chi connectivity index (χ1v) is 7.37. The minimum absolute atomic E-state index is 0.750. The van der Waals surface area contributed by atoms with E-state index in [1.165, 1.54) is 32.1 Å². The van der Waals surface area contributed by atoms with Gasteiger partial charge in [-0.1, -0.05) is 0 Å². The van der Waals surface area contributed by atoms with Crippen LogP contribution < -0.4 is 5.32 Å². The van der Waals surface area contributed by atoms with Crippen molar-refractivity contribution in [2.24, 2.45) is 23.7 Å². The fourth-order valence-corrected chi connectivity index (χ4v) is 4.90. The molecule has 0 aromatic carbocycles. The van der Waals surface area contributed by atoms with Crippen LogP contribution >= 0.6 is 0 Å². The molecule has 96 valence electrons. The molecule has 0 spiro atoms. The Hall–Kier alpha value is -0.960. The maximum absolute atomic E-state index is 4.36. The molecule has 0 atom stereocenters. The predicted molar refractivity (Wildman–Crippen MR) is 69.7 cm³/mol. The van der Waals surface area contributed by atoms with Gasteiger partial charge >= 0.3 is 0 Å². The molecule has 0 unspecified atom stereocenters. The molecule has 1 heterocycles. The molecule has 3 nitrogen and oxygen atoms in total. The molecule has 0 aliphatic heterocycles. The smallest absolute Gasteiger partial charge is 0.0724 e. The van der Waals surface area contributed by atoms with E-state index in [4.69, 9.17) is 0 Å². The van der Waals surface area contributed by atoms with Crippen LogP contribution in [0.1, 0.15) is 37.8 Å². The highest BCUT2D eigenvalue weighted by Gasteiger charge is 2.47. The van der Waals surface area contributed by atoms with E-state index in [0.717, 1.165) is 42.0 Å². The molecule has 4 fully saturated rings. The first-order valence-electron chi connectivity index (χ1n) is 7.37. The van der Waals surface area contributed by atoms with E-state index in [9.17, 15) is 0 Å². The second kappa shape index (κ2) is 4.30. The Balaban J connectivity index is 1.43. The lowest BCUT2D eigenvalue weighted by atomic mass is 9.54. The molecule has 4 aliphatic rings. The molecule has 1 aromatic rings. The number of nitrogens with one attached hydrogen (secondary N) is 1.